The number of hydrogen-bond acceptors (Lipinski definition) is 2. The normalized spacial score (nSPS) is 24.6. The van der Waals surface area contributed by atoms with Gasteiger partial charge in [0, 0.05) is 22.7 Å². The monoisotopic (exact) mass is 329 g/mol. The highest BCUT2D eigenvalue weighted by Gasteiger charge is 2.26. The Labute approximate surface area is 122 Å². The fourth-order valence-electron chi connectivity index (χ4n) is 2.91. The van der Waals surface area contributed by atoms with Gasteiger partial charge in [0.05, 0.1) is 0 Å². The molecule has 1 aromatic rings. The molecule has 2 N–H and O–H groups in total. The molecule has 3 unspecified atom stereocenters. The van der Waals surface area contributed by atoms with E-state index in [1.54, 1.807) is 0 Å². The van der Waals surface area contributed by atoms with E-state index in [-0.39, 0.29) is 18.5 Å². The largest absolute Gasteiger partial charge is 0.396 e. The van der Waals surface area contributed by atoms with Crippen molar-refractivity contribution in [2.24, 2.45) is 11.8 Å². The molecule has 106 valence electrons. The quantitative estimate of drug-likeness (QED) is 0.864. The number of hydrogen-bond donors (Lipinski definition) is 2. The predicted molar refractivity (Wildman–Crippen MR) is 78.4 cm³/mol. The Hall–Kier alpha value is -0.450. The van der Waals surface area contributed by atoms with Crippen LogP contribution in [0.3, 0.4) is 0 Å². The summed E-state index contributed by atoms with van der Waals surface area (Å²) >= 11 is 3.27. The topological polar surface area (TPSA) is 32.3 Å². The lowest BCUT2D eigenvalue weighted by molar-refractivity contribution is 0.190. The molecule has 19 heavy (non-hydrogen) atoms. The number of halogens is 2. The van der Waals surface area contributed by atoms with Crippen molar-refractivity contribution in [3.63, 3.8) is 0 Å². The summed E-state index contributed by atoms with van der Waals surface area (Å²) in [7, 11) is 0. The number of nitrogens with one attached hydrogen (secondary N) is 1. The molecule has 3 atom stereocenters. The Kier molecular flexibility index (Phi) is 5.37. The third-order valence-corrected chi connectivity index (χ3v) is 4.66. The van der Waals surface area contributed by atoms with Crippen LogP contribution in [0.15, 0.2) is 22.7 Å². The lowest BCUT2D eigenvalue weighted by Crippen LogP contribution is -2.29. The maximum atomic E-state index is 13.8. The average molecular weight is 330 g/mol. The zero-order valence-electron chi connectivity index (χ0n) is 11.2. The highest BCUT2D eigenvalue weighted by Crippen LogP contribution is 2.31. The Morgan fingerprint density at radius 3 is 2.84 bits per heavy atom. The summed E-state index contributed by atoms with van der Waals surface area (Å²) in [6, 6.07) is 5.17. The Morgan fingerprint density at radius 1 is 1.42 bits per heavy atom. The summed E-state index contributed by atoms with van der Waals surface area (Å²) in [4.78, 5) is 0. The first-order chi connectivity index (χ1) is 9.11. The molecule has 0 amide bonds. The summed E-state index contributed by atoms with van der Waals surface area (Å²) in [5.41, 5.74) is 0.696. The van der Waals surface area contributed by atoms with Gasteiger partial charge in [-0.05, 0) is 50.3 Å². The molecular weight excluding hydrogens is 309 g/mol. The summed E-state index contributed by atoms with van der Waals surface area (Å²) < 4.78 is 14.6. The molecule has 0 aliphatic heterocycles. The van der Waals surface area contributed by atoms with Gasteiger partial charge in [0.25, 0.3) is 0 Å². The van der Waals surface area contributed by atoms with Crippen molar-refractivity contribution >= 4 is 15.9 Å². The maximum Gasteiger partial charge on any atom is 0.129 e. The molecule has 0 saturated heterocycles. The number of rotatable bonds is 5. The van der Waals surface area contributed by atoms with Crippen molar-refractivity contribution in [2.45, 2.75) is 32.2 Å². The van der Waals surface area contributed by atoms with E-state index in [1.807, 2.05) is 19.1 Å². The van der Waals surface area contributed by atoms with Gasteiger partial charge in [-0.3, -0.25) is 0 Å². The van der Waals surface area contributed by atoms with Crippen LogP contribution in [0.4, 0.5) is 4.39 Å². The Morgan fingerprint density at radius 2 is 2.16 bits per heavy atom. The van der Waals surface area contributed by atoms with Crippen molar-refractivity contribution in [3.8, 4) is 0 Å². The molecule has 0 heterocycles. The van der Waals surface area contributed by atoms with Crippen LogP contribution >= 0.6 is 15.9 Å². The fourth-order valence-corrected chi connectivity index (χ4v) is 3.25. The zero-order chi connectivity index (χ0) is 13.8. The molecular formula is C15H21BrFNO. The highest BCUT2D eigenvalue weighted by molar-refractivity contribution is 9.10. The lowest BCUT2D eigenvalue weighted by atomic mass is 9.96. The minimum atomic E-state index is -0.181. The van der Waals surface area contributed by atoms with Gasteiger partial charge < -0.3 is 10.4 Å². The van der Waals surface area contributed by atoms with Crippen molar-refractivity contribution in [1.29, 1.82) is 0 Å². The van der Waals surface area contributed by atoms with E-state index >= 15 is 0 Å². The summed E-state index contributed by atoms with van der Waals surface area (Å²) in [6.07, 6.45) is 3.47. The fraction of sp³-hybridized carbons (Fsp3) is 0.600. The second-order valence-electron chi connectivity index (χ2n) is 5.43. The molecule has 1 saturated carbocycles. The molecule has 0 bridgehead atoms. The van der Waals surface area contributed by atoms with Crippen molar-refractivity contribution in [1.82, 2.24) is 5.32 Å². The molecule has 0 radical (unpaired) electrons. The van der Waals surface area contributed by atoms with Gasteiger partial charge in [-0.1, -0.05) is 28.4 Å². The van der Waals surface area contributed by atoms with Gasteiger partial charge in [0.15, 0.2) is 0 Å². The van der Waals surface area contributed by atoms with Crippen LogP contribution in [0.5, 0.6) is 0 Å². The van der Waals surface area contributed by atoms with Crippen molar-refractivity contribution in [3.05, 3.63) is 34.1 Å². The third-order valence-electron chi connectivity index (χ3n) is 4.17. The van der Waals surface area contributed by atoms with Crippen LogP contribution in [-0.4, -0.2) is 18.3 Å². The van der Waals surface area contributed by atoms with Gasteiger partial charge in [0.1, 0.15) is 5.82 Å². The third kappa shape index (κ3) is 3.77. The minimum absolute atomic E-state index is 0.00644. The van der Waals surface area contributed by atoms with E-state index in [9.17, 15) is 9.50 Å². The molecule has 2 nitrogen and oxygen atoms in total. The van der Waals surface area contributed by atoms with Gasteiger partial charge >= 0.3 is 0 Å². The Balaban J connectivity index is 1.92. The van der Waals surface area contributed by atoms with Crippen molar-refractivity contribution < 1.29 is 9.50 Å². The number of benzene rings is 1. The second-order valence-corrected chi connectivity index (χ2v) is 6.35. The van der Waals surface area contributed by atoms with E-state index in [1.165, 1.54) is 12.5 Å². The summed E-state index contributed by atoms with van der Waals surface area (Å²) in [6.45, 7) is 3.10. The Bertz CT molecular complexity index is 427. The summed E-state index contributed by atoms with van der Waals surface area (Å²) in [5.74, 6) is 0.750. The maximum absolute atomic E-state index is 13.8. The molecule has 1 aliphatic carbocycles. The van der Waals surface area contributed by atoms with Crippen LogP contribution in [0.2, 0.25) is 0 Å². The van der Waals surface area contributed by atoms with Crippen LogP contribution < -0.4 is 5.32 Å². The van der Waals surface area contributed by atoms with Gasteiger partial charge in [0.2, 0.25) is 0 Å². The molecule has 0 spiro atoms. The molecule has 1 aromatic carbocycles. The predicted octanol–water partition coefficient (Wildman–Crippen LogP) is 3.65. The van der Waals surface area contributed by atoms with E-state index < -0.39 is 0 Å². The van der Waals surface area contributed by atoms with Gasteiger partial charge in [-0.25, -0.2) is 4.39 Å². The SMILES string of the molecule is CC(NCC1CCCC1CO)c1ccc(Br)cc1F. The van der Waals surface area contributed by atoms with Crippen LogP contribution in [0, 0.1) is 17.7 Å². The molecule has 4 heteroatoms. The smallest absolute Gasteiger partial charge is 0.129 e. The van der Waals surface area contributed by atoms with E-state index in [2.05, 4.69) is 21.2 Å². The van der Waals surface area contributed by atoms with Gasteiger partial charge in [-0.2, -0.15) is 0 Å². The second kappa shape index (κ2) is 6.82. The van der Waals surface area contributed by atoms with E-state index in [4.69, 9.17) is 0 Å². The number of aliphatic hydroxyl groups is 1. The standard InChI is InChI=1S/C15H21BrFNO/c1-10(14-6-5-13(16)7-15(14)17)18-8-11-3-2-4-12(11)9-19/h5-7,10-12,18-19H,2-4,8-9H2,1H3. The minimum Gasteiger partial charge on any atom is -0.396 e. The molecule has 2 rings (SSSR count). The van der Waals surface area contributed by atoms with Gasteiger partial charge in [-0.15, -0.1) is 0 Å². The molecule has 0 aromatic heterocycles. The molecule has 1 aliphatic rings. The first kappa shape index (κ1) is 14.9. The van der Waals surface area contributed by atoms with E-state index in [0.717, 1.165) is 23.9 Å². The van der Waals surface area contributed by atoms with Crippen LogP contribution in [-0.2, 0) is 0 Å². The average Bonchev–Trinajstić information content (AvgIpc) is 2.83. The first-order valence-electron chi connectivity index (χ1n) is 6.91. The van der Waals surface area contributed by atoms with Crippen LogP contribution in [0.25, 0.3) is 0 Å². The molecule has 1 fully saturated rings. The van der Waals surface area contributed by atoms with Crippen LogP contribution in [0.1, 0.15) is 37.8 Å². The lowest BCUT2D eigenvalue weighted by Gasteiger charge is -2.21. The summed E-state index contributed by atoms with van der Waals surface area (Å²) in [5, 5.41) is 12.7. The highest BCUT2D eigenvalue weighted by atomic mass is 79.9. The van der Waals surface area contributed by atoms with E-state index in [0.29, 0.717) is 17.4 Å². The first-order valence-corrected chi connectivity index (χ1v) is 7.70. The number of aliphatic hydroxyl groups excluding tert-OH is 1. The van der Waals surface area contributed by atoms with Crippen molar-refractivity contribution in [2.75, 3.05) is 13.2 Å². The zero-order valence-corrected chi connectivity index (χ0v) is 12.8.